The Morgan fingerprint density at radius 1 is 0.792 bits per heavy atom. The molecule has 250 valence electrons. The number of hydrogen-bond acceptors (Lipinski definition) is 8. The van der Waals surface area contributed by atoms with E-state index in [-0.39, 0.29) is 6.09 Å². The zero-order valence-corrected chi connectivity index (χ0v) is 28.1. The first-order chi connectivity index (χ1) is 23.2. The van der Waals surface area contributed by atoms with Crippen LogP contribution in [0.25, 0.3) is 22.2 Å². The van der Waals surface area contributed by atoms with E-state index in [2.05, 4.69) is 4.90 Å². The Morgan fingerprint density at radius 3 is 2.12 bits per heavy atom. The van der Waals surface area contributed by atoms with Crippen molar-refractivity contribution < 1.29 is 23.7 Å². The lowest BCUT2D eigenvalue weighted by Gasteiger charge is -2.35. The van der Waals surface area contributed by atoms with E-state index in [0.29, 0.717) is 44.7 Å². The van der Waals surface area contributed by atoms with Crippen molar-refractivity contribution in [3.63, 3.8) is 0 Å². The molecule has 1 fully saturated rings. The molecule has 1 amide bonds. The van der Waals surface area contributed by atoms with Crippen LogP contribution >= 0.6 is 0 Å². The number of benzene rings is 3. The molecule has 0 spiro atoms. The van der Waals surface area contributed by atoms with Gasteiger partial charge in [0.05, 0.1) is 11.1 Å². The van der Waals surface area contributed by atoms with Crippen molar-refractivity contribution in [2.75, 3.05) is 39.3 Å². The van der Waals surface area contributed by atoms with Crippen molar-refractivity contribution in [1.29, 1.82) is 0 Å². The fraction of sp³-hybridized carbons (Fsp3) is 0.342. The number of pyridine rings is 1. The van der Waals surface area contributed by atoms with Crippen LogP contribution in [0.15, 0.2) is 91.0 Å². The standard InChI is InChI=1S/C38H43N5O5/c1-38(2,3)48-37(44)43-21-19-42(20-22-43)23-24-45-30-15-16-31-33(25-30)41(4)40-35(31)32-17-18-34(46-26-28-11-7-5-8-12-28)39-36(32)47-27-29-13-9-6-10-14-29/h5-18,25H,19-24,26-27H2,1-4H3. The third kappa shape index (κ3) is 8.43. The minimum atomic E-state index is -0.491. The van der Waals surface area contributed by atoms with Crippen molar-refractivity contribution >= 4 is 17.0 Å². The molecule has 0 radical (unpaired) electrons. The van der Waals surface area contributed by atoms with Crippen molar-refractivity contribution in [3.05, 3.63) is 102 Å². The van der Waals surface area contributed by atoms with Gasteiger partial charge in [-0.25, -0.2) is 4.79 Å². The molecule has 10 nitrogen and oxygen atoms in total. The number of hydrogen-bond donors (Lipinski definition) is 0. The van der Waals surface area contributed by atoms with Crippen molar-refractivity contribution in [1.82, 2.24) is 24.6 Å². The fourth-order valence-electron chi connectivity index (χ4n) is 5.55. The monoisotopic (exact) mass is 649 g/mol. The van der Waals surface area contributed by atoms with Crippen LogP contribution in [-0.4, -0.2) is 75.6 Å². The van der Waals surface area contributed by atoms with E-state index in [1.165, 1.54) is 0 Å². The third-order valence-corrected chi connectivity index (χ3v) is 8.06. The summed E-state index contributed by atoms with van der Waals surface area (Å²) in [6.07, 6.45) is -0.250. The van der Waals surface area contributed by atoms with Crippen LogP contribution in [0.2, 0.25) is 0 Å². The summed E-state index contributed by atoms with van der Waals surface area (Å²) in [7, 11) is 1.93. The number of rotatable bonds is 11. The second-order valence-electron chi connectivity index (χ2n) is 12.9. The fourth-order valence-corrected chi connectivity index (χ4v) is 5.55. The van der Waals surface area contributed by atoms with Gasteiger partial charge >= 0.3 is 6.09 Å². The zero-order valence-electron chi connectivity index (χ0n) is 28.1. The summed E-state index contributed by atoms with van der Waals surface area (Å²) in [5, 5.41) is 5.85. The van der Waals surface area contributed by atoms with Gasteiger partial charge in [-0.15, -0.1) is 0 Å². The molecule has 1 aliphatic rings. The molecule has 0 bridgehead atoms. The van der Waals surface area contributed by atoms with Crippen LogP contribution in [0.5, 0.6) is 17.5 Å². The summed E-state index contributed by atoms with van der Waals surface area (Å²) < 4.78 is 25.9. The average molecular weight is 650 g/mol. The van der Waals surface area contributed by atoms with Gasteiger partial charge in [0.1, 0.15) is 36.9 Å². The van der Waals surface area contributed by atoms with Gasteiger partial charge in [0.15, 0.2) is 0 Å². The van der Waals surface area contributed by atoms with Crippen LogP contribution < -0.4 is 14.2 Å². The van der Waals surface area contributed by atoms with Gasteiger partial charge in [-0.2, -0.15) is 10.1 Å². The van der Waals surface area contributed by atoms with Gasteiger partial charge in [-0.05, 0) is 50.1 Å². The highest BCUT2D eigenvalue weighted by molar-refractivity contribution is 5.95. The van der Waals surface area contributed by atoms with Crippen LogP contribution in [0, 0.1) is 0 Å². The molecule has 0 N–H and O–H groups in total. The Bertz CT molecular complexity index is 1810. The van der Waals surface area contributed by atoms with Crippen LogP contribution in [-0.2, 0) is 25.0 Å². The normalized spacial score (nSPS) is 13.8. The number of aryl methyl sites for hydroxylation is 1. The van der Waals surface area contributed by atoms with Crippen LogP contribution in [0.4, 0.5) is 4.79 Å². The minimum absolute atomic E-state index is 0.250. The molecular weight excluding hydrogens is 606 g/mol. The van der Waals surface area contributed by atoms with Crippen molar-refractivity contribution in [2.24, 2.45) is 7.05 Å². The average Bonchev–Trinajstić information content (AvgIpc) is 3.42. The first-order valence-corrected chi connectivity index (χ1v) is 16.4. The van der Waals surface area contributed by atoms with E-state index < -0.39 is 5.60 Å². The Morgan fingerprint density at radius 2 is 1.46 bits per heavy atom. The predicted molar refractivity (Wildman–Crippen MR) is 185 cm³/mol. The molecule has 0 saturated carbocycles. The SMILES string of the molecule is Cn1nc(-c2ccc(OCc3ccccc3)nc2OCc2ccccc2)c2ccc(OCCN3CCN(C(=O)OC(C)(C)C)CC3)cc21. The van der Waals surface area contributed by atoms with E-state index in [1.807, 2.05) is 123 Å². The molecule has 6 rings (SSSR count). The number of nitrogens with zero attached hydrogens (tertiary/aromatic N) is 5. The third-order valence-electron chi connectivity index (χ3n) is 8.06. The highest BCUT2D eigenvalue weighted by atomic mass is 16.6. The number of fused-ring (bicyclic) bond motifs is 1. The first kappa shape index (κ1) is 32.8. The molecule has 2 aromatic heterocycles. The summed E-state index contributed by atoms with van der Waals surface area (Å²) in [5.74, 6) is 1.71. The lowest BCUT2D eigenvalue weighted by atomic mass is 10.1. The lowest BCUT2D eigenvalue weighted by molar-refractivity contribution is 0.0137. The van der Waals surface area contributed by atoms with Crippen LogP contribution in [0.3, 0.4) is 0 Å². The van der Waals surface area contributed by atoms with Gasteiger partial charge in [0.25, 0.3) is 0 Å². The molecule has 48 heavy (non-hydrogen) atoms. The maximum absolute atomic E-state index is 12.4. The Balaban J connectivity index is 1.13. The molecule has 5 aromatic rings. The number of amides is 1. The largest absolute Gasteiger partial charge is 0.492 e. The maximum Gasteiger partial charge on any atom is 0.410 e. The van der Waals surface area contributed by atoms with Gasteiger partial charge in [-0.1, -0.05) is 60.7 Å². The second kappa shape index (κ2) is 14.8. The van der Waals surface area contributed by atoms with E-state index in [1.54, 1.807) is 4.90 Å². The molecule has 0 aliphatic carbocycles. The summed E-state index contributed by atoms with van der Waals surface area (Å²) in [4.78, 5) is 21.2. The highest BCUT2D eigenvalue weighted by Gasteiger charge is 2.26. The van der Waals surface area contributed by atoms with E-state index >= 15 is 0 Å². The Kier molecular flexibility index (Phi) is 10.1. The van der Waals surface area contributed by atoms with E-state index in [0.717, 1.165) is 58.7 Å². The predicted octanol–water partition coefficient (Wildman–Crippen LogP) is 6.72. The maximum atomic E-state index is 12.4. The van der Waals surface area contributed by atoms with E-state index in [9.17, 15) is 4.79 Å². The van der Waals surface area contributed by atoms with Gasteiger partial charge in [-0.3, -0.25) is 9.58 Å². The zero-order chi connectivity index (χ0) is 33.5. The second-order valence-corrected chi connectivity index (χ2v) is 12.9. The summed E-state index contributed by atoms with van der Waals surface area (Å²) in [6, 6.07) is 29.9. The summed E-state index contributed by atoms with van der Waals surface area (Å²) in [6.45, 7) is 10.6. The number of carbonyl (C=O) groups excluding carboxylic acids is 1. The molecular formula is C38H43N5O5. The quantitative estimate of drug-likeness (QED) is 0.156. The van der Waals surface area contributed by atoms with Crippen molar-refractivity contribution in [2.45, 2.75) is 39.6 Å². The minimum Gasteiger partial charge on any atom is -0.492 e. The number of piperazine rings is 1. The van der Waals surface area contributed by atoms with Crippen LogP contribution in [0.1, 0.15) is 31.9 Å². The molecule has 0 atom stereocenters. The Hall–Kier alpha value is -5.09. The molecule has 1 aliphatic heterocycles. The topological polar surface area (TPSA) is 91.2 Å². The molecule has 1 saturated heterocycles. The first-order valence-electron chi connectivity index (χ1n) is 16.4. The highest BCUT2D eigenvalue weighted by Crippen LogP contribution is 2.36. The number of carbonyl (C=O) groups is 1. The van der Waals surface area contributed by atoms with Gasteiger partial charge in [0, 0.05) is 57.3 Å². The van der Waals surface area contributed by atoms with Crippen molar-refractivity contribution in [3.8, 4) is 28.8 Å². The molecule has 3 heterocycles. The molecule has 3 aromatic carbocycles. The van der Waals surface area contributed by atoms with Gasteiger partial charge in [0.2, 0.25) is 11.8 Å². The smallest absolute Gasteiger partial charge is 0.410 e. The Labute approximate surface area is 281 Å². The molecule has 10 heteroatoms. The van der Waals surface area contributed by atoms with E-state index in [4.69, 9.17) is 29.0 Å². The molecule has 0 unspecified atom stereocenters. The summed E-state index contributed by atoms with van der Waals surface area (Å²) in [5.41, 5.74) is 4.10. The number of aromatic nitrogens is 3. The number of ether oxygens (including phenoxy) is 4. The lowest BCUT2D eigenvalue weighted by Crippen LogP contribution is -2.50. The summed E-state index contributed by atoms with van der Waals surface area (Å²) >= 11 is 0. The van der Waals surface area contributed by atoms with Gasteiger partial charge < -0.3 is 23.8 Å².